The molecule has 0 radical (unpaired) electrons. The zero-order chi connectivity index (χ0) is 17.7. The molecular formula is C20H28O4. The van der Waals surface area contributed by atoms with E-state index in [0.717, 1.165) is 25.7 Å². The summed E-state index contributed by atoms with van der Waals surface area (Å²) in [6.07, 6.45) is 3.67. The van der Waals surface area contributed by atoms with Gasteiger partial charge in [-0.15, -0.1) is 0 Å². The third-order valence-electron chi connectivity index (χ3n) is 4.36. The molecule has 0 atom stereocenters. The minimum Gasteiger partial charge on any atom is -0.462 e. The number of benzene rings is 1. The number of hydrogen-bond donors (Lipinski definition) is 0. The summed E-state index contributed by atoms with van der Waals surface area (Å²) in [7, 11) is 0. The second-order valence-corrected chi connectivity index (χ2v) is 7.42. The van der Waals surface area contributed by atoms with E-state index < -0.39 is 5.60 Å². The van der Waals surface area contributed by atoms with Crippen LogP contribution in [0.1, 0.15) is 75.2 Å². The average Bonchev–Trinajstić information content (AvgIpc) is 2.54. The number of rotatable bonds is 4. The van der Waals surface area contributed by atoms with Gasteiger partial charge < -0.3 is 9.47 Å². The molecule has 132 valence electrons. The maximum atomic E-state index is 12.2. The first-order valence-corrected chi connectivity index (χ1v) is 8.80. The Labute approximate surface area is 144 Å². The van der Waals surface area contributed by atoms with E-state index in [1.165, 1.54) is 5.56 Å². The minimum atomic E-state index is -0.420. The van der Waals surface area contributed by atoms with Crippen molar-refractivity contribution in [3.8, 4) is 0 Å². The normalized spacial score (nSPS) is 21.2. The molecule has 1 aromatic carbocycles. The molecule has 0 saturated heterocycles. The van der Waals surface area contributed by atoms with E-state index in [9.17, 15) is 9.59 Å². The quantitative estimate of drug-likeness (QED) is 0.763. The molecule has 0 N–H and O–H groups in total. The molecule has 0 spiro atoms. The number of carbonyl (C=O) groups is 2. The predicted molar refractivity (Wildman–Crippen MR) is 92.9 cm³/mol. The lowest BCUT2D eigenvalue weighted by Gasteiger charge is -2.30. The van der Waals surface area contributed by atoms with E-state index in [1.807, 2.05) is 45.0 Å². The number of ether oxygens (including phenoxy) is 2. The van der Waals surface area contributed by atoms with Crippen molar-refractivity contribution in [2.24, 2.45) is 5.92 Å². The van der Waals surface area contributed by atoms with Gasteiger partial charge in [-0.1, -0.05) is 12.1 Å². The van der Waals surface area contributed by atoms with Crippen LogP contribution in [0.2, 0.25) is 0 Å². The second-order valence-electron chi connectivity index (χ2n) is 7.42. The highest BCUT2D eigenvalue weighted by Gasteiger charge is 2.30. The molecule has 1 fully saturated rings. The SMILES string of the molecule is CCOC(=O)c1ccc(C2CCC(C(=O)OC(C)(C)C)CC2)cc1. The highest BCUT2D eigenvalue weighted by Crippen LogP contribution is 2.36. The van der Waals surface area contributed by atoms with Crippen molar-refractivity contribution >= 4 is 11.9 Å². The fourth-order valence-corrected chi connectivity index (χ4v) is 3.15. The van der Waals surface area contributed by atoms with E-state index in [4.69, 9.17) is 9.47 Å². The van der Waals surface area contributed by atoms with Crippen LogP contribution < -0.4 is 0 Å². The molecule has 4 heteroatoms. The monoisotopic (exact) mass is 332 g/mol. The Morgan fingerprint density at radius 2 is 1.62 bits per heavy atom. The smallest absolute Gasteiger partial charge is 0.338 e. The standard InChI is InChI=1S/C20H28O4/c1-5-23-18(21)16-10-6-14(7-11-16)15-8-12-17(13-9-15)19(22)24-20(2,3)4/h6-7,10-11,15,17H,5,8-9,12-13H2,1-4H3. The maximum absolute atomic E-state index is 12.2. The minimum absolute atomic E-state index is 0.0132. The van der Waals surface area contributed by atoms with E-state index in [0.29, 0.717) is 18.1 Å². The van der Waals surface area contributed by atoms with Crippen LogP contribution in [0.5, 0.6) is 0 Å². The van der Waals surface area contributed by atoms with Crippen LogP contribution in [0.3, 0.4) is 0 Å². The van der Waals surface area contributed by atoms with E-state index in [-0.39, 0.29) is 17.9 Å². The van der Waals surface area contributed by atoms with Crippen molar-refractivity contribution in [1.82, 2.24) is 0 Å². The van der Waals surface area contributed by atoms with Crippen molar-refractivity contribution in [1.29, 1.82) is 0 Å². The summed E-state index contributed by atoms with van der Waals surface area (Å²) in [5, 5.41) is 0. The van der Waals surface area contributed by atoms with E-state index in [2.05, 4.69) is 0 Å². The van der Waals surface area contributed by atoms with Crippen molar-refractivity contribution in [3.05, 3.63) is 35.4 Å². The second kappa shape index (κ2) is 7.82. The van der Waals surface area contributed by atoms with Gasteiger partial charge in [0, 0.05) is 0 Å². The first-order chi connectivity index (χ1) is 11.3. The van der Waals surface area contributed by atoms with Gasteiger partial charge in [-0.05, 0) is 77.0 Å². The van der Waals surface area contributed by atoms with Gasteiger partial charge >= 0.3 is 11.9 Å². The number of hydrogen-bond acceptors (Lipinski definition) is 4. The van der Waals surface area contributed by atoms with Crippen LogP contribution >= 0.6 is 0 Å². The lowest BCUT2D eigenvalue weighted by molar-refractivity contribution is -0.161. The highest BCUT2D eigenvalue weighted by molar-refractivity contribution is 5.89. The lowest BCUT2D eigenvalue weighted by Crippen LogP contribution is -2.30. The molecule has 0 aromatic heterocycles. The summed E-state index contributed by atoms with van der Waals surface area (Å²) in [4.78, 5) is 23.9. The summed E-state index contributed by atoms with van der Waals surface area (Å²) in [6.45, 7) is 7.90. The molecule has 0 heterocycles. The summed E-state index contributed by atoms with van der Waals surface area (Å²) in [5.74, 6) is 0.107. The van der Waals surface area contributed by atoms with E-state index >= 15 is 0 Å². The Bertz CT molecular complexity index is 560. The predicted octanol–water partition coefficient (Wildman–Crippen LogP) is 4.48. The Morgan fingerprint density at radius 1 is 1.04 bits per heavy atom. The first-order valence-electron chi connectivity index (χ1n) is 8.80. The van der Waals surface area contributed by atoms with Crippen LogP contribution in [0.4, 0.5) is 0 Å². The molecule has 24 heavy (non-hydrogen) atoms. The van der Waals surface area contributed by atoms with Crippen molar-refractivity contribution in [2.75, 3.05) is 6.61 Å². The molecule has 1 aromatic rings. The Kier molecular flexibility index (Phi) is 6.03. The summed E-state index contributed by atoms with van der Waals surface area (Å²) in [5.41, 5.74) is 1.39. The largest absolute Gasteiger partial charge is 0.462 e. The third-order valence-corrected chi connectivity index (χ3v) is 4.36. The van der Waals surface area contributed by atoms with Crippen molar-refractivity contribution in [2.45, 2.75) is 64.9 Å². The molecule has 4 nitrogen and oxygen atoms in total. The topological polar surface area (TPSA) is 52.6 Å². The molecule has 0 unspecified atom stereocenters. The lowest BCUT2D eigenvalue weighted by atomic mass is 9.78. The van der Waals surface area contributed by atoms with E-state index in [1.54, 1.807) is 6.92 Å². The van der Waals surface area contributed by atoms with Gasteiger partial charge in [0.15, 0.2) is 0 Å². The van der Waals surface area contributed by atoms with Gasteiger partial charge in [0.25, 0.3) is 0 Å². The third kappa shape index (κ3) is 5.08. The van der Waals surface area contributed by atoms with Gasteiger partial charge in [0.05, 0.1) is 18.1 Å². The van der Waals surface area contributed by atoms with Gasteiger partial charge in [-0.25, -0.2) is 4.79 Å². The highest BCUT2D eigenvalue weighted by atomic mass is 16.6. The molecular weight excluding hydrogens is 304 g/mol. The Balaban J connectivity index is 1.90. The fourth-order valence-electron chi connectivity index (χ4n) is 3.15. The van der Waals surface area contributed by atoms with Gasteiger partial charge in [0.2, 0.25) is 0 Å². The van der Waals surface area contributed by atoms with Gasteiger partial charge in [-0.2, -0.15) is 0 Å². The average molecular weight is 332 g/mol. The molecule has 1 aliphatic carbocycles. The number of esters is 2. The van der Waals surface area contributed by atoms with Crippen LogP contribution in [-0.2, 0) is 14.3 Å². The Hall–Kier alpha value is -1.84. The zero-order valence-electron chi connectivity index (χ0n) is 15.1. The fraction of sp³-hybridized carbons (Fsp3) is 0.600. The summed E-state index contributed by atoms with van der Waals surface area (Å²) >= 11 is 0. The maximum Gasteiger partial charge on any atom is 0.338 e. The summed E-state index contributed by atoms with van der Waals surface area (Å²) < 4.78 is 10.5. The molecule has 0 bridgehead atoms. The molecule has 1 aliphatic rings. The van der Waals surface area contributed by atoms with Crippen molar-refractivity contribution in [3.63, 3.8) is 0 Å². The van der Waals surface area contributed by atoms with Crippen LogP contribution in [0.25, 0.3) is 0 Å². The van der Waals surface area contributed by atoms with Crippen LogP contribution in [0, 0.1) is 5.92 Å². The molecule has 1 saturated carbocycles. The van der Waals surface area contributed by atoms with Gasteiger partial charge in [-0.3, -0.25) is 4.79 Å². The van der Waals surface area contributed by atoms with Crippen LogP contribution in [0.15, 0.2) is 24.3 Å². The zero-order valence-corrected chi connectivity index (χ0v) is 15.1. The summed E-state index contributed by atoms with van der Waals surface area (Å²) in [6, 6.07) is 7.66. The molecule has 0 aliphatic heterocycles. The first kappa shape index (κ1) is 18.5. The van der Waals surface area contributed by atoms with Gasteiger partial charge in [0.1, 0.15) is 5.60 Å². The Morgan fingerprint density at radius 3 is 2.12 bits per heavy atom. The number of carbonyl (C=O) groups excluding carboxylic acids is 2. The molecule has 0 amide bonds. The van der Waals surface area contributed by atoms with Crippen LogP contribution in [-0.4, -0.2) is 24.1 Å². The van der Waals surface area contributed by atoms with Crippen molar-refractivity contribution < 1.29 is 19.1 Å². The molecule has 2 rings (SSSR count).